The molecule has 0 heterocycles. The highest BCUT2D eigenvalue weighted by Crippen LogP contribution is 2.16. The lowest BCUT2D eigenvalue weighted by molar-refractivity contribution is 0.424. The van der Waals surface area contributed by atoms with Crippen LogP contribution in [0.15, 0.2) is 28.7 Å². The van der Waals surface area contributed by atoms with Crippen LogP contribution in [0.25, 0.3) is 0 Å². The summed E-state index contributed by atoms with van der Waals surface area (Å²) in [7, 11) is 0. The first-order valence-corrected chi connectivity index (χ1v) is 5.27. The van der Waals surface area contributed by atoms with Crippen LogP contribution in [-0.4, -0.2) is 5.54 Å². The van der Waals surface area contributed by atoms with E-state index in [1.165, 1.54) is 10.0 Å². The zero-order valence-electron chi connectivity index (χ0n) is 8.39. The van der Waals surface area contributed by atoms with E-state index < -0.39 is 0 Å². The summed E-state index contributed by atoms with van der Waals surface area (Å²) in [4.78, 5) is 0. The Balaban J connectivity index is 2.60. The highest BCUT2D eigenvalue weighted by molar-refractivity contribution is 9.10. The molecule has 1 nitrogen and oxygen atoms in total. The Labute approximate surface area is 88.7 Å². The van der Waals surface area contributed by atoms with Gasteiger partial charge < -0.3 is 5.32 Å². The van der Waals surface area contributed by atoms with Crippen LogP contribution in [0.3, 0.4) is 0 Å². The molecule has 72 valence electrons. The SMILES string of the molecule is CC(C)(C)NCc1ccccc1Br. The Morgan fingerprint density at radius 3 is 2.38 bits per heavy atom. The van der Waals surface area contributed by atoms with Crippen LogP contribution < -0.4 is 5.32 Å². The number of rotatable bonds is 2. The molecule has 0 atom stereocenters. The minimum absolute atomic E-state index is 0.176. The molecule has 1 aromatic carbocycles. The number of benzene rings is 1. The molecule has 0 aliphatic rings. The van der Waals surface area contributed by atoms with Gasteiger partial charge in [-0.3, -0.25) is 0 Å². The van der Waals surface area contributed by atoms with E-state index in [0.29, 0.717) is 0 Å². The molecule has 0 spiro atoms. The maximum absolute atomic E-state index is 3.52. The quantitative estimate of drug-likeness (QED) is 0.838. The lowest BCUT2D eigenvalue weighted by Gasteiger charge is -2.20. The molecule has 0 bridgehead atoms. The zero-order valence-corrected chi connectivity index (χ0v) is 9.98. The summed E-state index contributed by atoms with van der Waals surface area (Å²) in [5.41, 5.74) is 1.48. The van der Waals surface area contributed by atoms with Gasteiger partial charge in [0.15, 0.2) is 0 Å². The van der Waals surface area contributed by atoms with Gasteiger partial charge in [-0.15, -0.1) is 0 Å². The van der Waals surface area contributed by atoms with Crippen molar-refractivity contribution in [3.63, 3.8) is 0 Å². The topological polar surface area (TPSA) is 12.0 Å². The van der Waals surface area contributed by atoms with Gasteiger partial charge in [0.25, 0.3) is 0 Å². The summed E-state index contributed by atoms with van der Waals surface area (Å²) in [5.74, 6) is 0. The predicted octanol–water partition coefficient (Wildman–Crippen LogP) is 3.34. The third-order valence-corrected chi connectivity index (χ3v) is 2.54. The number of halogens is 1. The smallest absolute Gasteiger partial charge is 0.0221 e. The Kier molecular flexibility index (Phi) is 3.51. The van der Waals surface area contributed by atoms with Crippen molar-refractivity contribution in [3.8, 4) is 0 Å². The Morgan fingerprint density at radius 2 is 1.85 bits per heavy atom. The first-order valence-electron chi connectivity index (χ1n) is 4.47. The molecule has 0 aromatic heterocycles. The lowest BCUT2D eigenvalue weighted by atomic mass is 10.1. The first kappa shape index (κ1) is 10.7. The minimum Gasteiger partial charge on any atom is -0.308 e. The van der Waals surface area contributed by atoms with Crippen molar-refractivity contribution < 1.29 is 0 Å². The van der Waals surface area contributed by atoms with Gasteiger partial charge in [-0.2, -0.15) is 0 Å². The molecule has 0 unspecified atom stereocenters. The molecule has 13 heavy (non-hydrogen) atoms. The summed E-state index contributed by atoms with van der Waals surface area (Å²) in [5, 5.41) is 3.45. The van der Waals surface area contributed by atoms with E-state index in [-0.39, 0.29) is 5.54 Å². The number of hydrogen-bond acceptors (Lipinski definition) is 1. The largest absolute Gasteiger partial charge is 0.308 e. The maximum Gasteiger partial charge on any atom is 0.0221 e. The van der Waals surface area contributed by atoms with Gasteiger partial charge in [0.2, 0.25) is 0 Å². The number of nitrogens with one attached hydrogen (secondary N) is 1. The van der Waals surface area contributed by atoms with Crippen molar-refractivity contribution in [2.45, 2.75) is 32.9 Å². The molecule has 1 rings (SSSR count). The normalized spacial score (nSPS) is 11.7. The molecular formula is C11H16BrN. The van der Waals surface area contributed by atoms with Gasteiger partial charge in [-0.05, 0) is 32.4 Å². The van der Waals surface area contributed by atoms with E-state index in [2.05, 4.69) is 60.2 Å². The molecule has 0 radical (unpaired) electrons. The highest BCUT2D eigenvalue weighted by atomic mass is 79.9. The monoisotopic (exact) mass is 241 g/mol. The van der Waals surface area contributed by atoms with Gasteiger partial charge >= 0.3 is 0 Å². The van der Waals surface area contributed by atoms with Gasteiger partial charge in [-0.25, -0.2) is 0 Å². The van der Waals surface area contributed by atoms with Crippen molar-refractivity contribution in [1.29, 1.82) is 0 Å². The Morgan fingerprint density at radius 1 is 1.23 bits per heavy atom. The average Bonchev–Trinajstić information content (AvgIpc) is 2.01. The van der Waals surface area contributed by atoms with Crippen molar-refractivity contribution in [2.24, 2.45) is 0 Å². The van der Waals surface area contributed by atoms with Crippen LogP contribution in [-0.2, 0) is 6.54 Å². The average molecular weight is 242 g/mol. The maximum atomic E-state index is 3.52. The Bertz CT molecular complexity index is 276. The number of hydrogen-bond donors (Lipinski definition) is 1. The molecule has 1 aromatic rings. The standard InChI is InChI=1S/C11H16BrN/c1-11(2,3)13-8-9-6-4-5-7-10(9)12/h4-7,13H,8H2,1-3H3. The first-order chi connectivity index (χ1) is 5.99. The molecule has 0 aliphatic carbocycles. The van der Waals surface area contributed by atoms with E-state index in [1.54, 1.807) is 0 Å². The van der Waals surface area contributed by atoms with Crippen LogP contribution in [0.2, 0.25) is 0 Å². The van der Waals surface area contributed by atoms with Crippen molar-refractivity contribution in [3.05, 3.63) is 34.3 Å². The summed E-state index contributed by atoms with van der Waals surface area (Å²) >= 11 is 3.52. The Hall–Kier alpha value is -0.340. The highest BCUT2D eigenvalue weighted by Gasteiger charge is 2.08. The molecular weight excluding hydrogens is 226 g/mol. The second kappa shape index (κ2) is 4.25. The summed E-state index contributed by atoms with van der Waals surface area (Å²) in [6, 6.07) is 8.29. The molecule has 0 amide bonds. The van der Waals surface area contributed by atoms with Gasteiger partial charge in [0.1, 0.15) is 0 Å². The summed E-state index contributed by atoms with van der Waals surface area (Å²) in [6.07, 6.45) is 0. The lowest BCUT2D eigenvalue weighted by Crippen LogP contribution is -2.35. The second-order valence-corrected chi connectivity index (χ2v) is 5.05. The zero-order chi connectivity index (χ0) is 9.90. The summed E-state index contributed by atoms with van der Waals surface area (Å²) < 4.78 is 1.17. The van der Waals surface area contributed by atoms with E-state index in [9.17, 15) is 0 Å². The van der Waals surface area contributed by atoms with Crippen LogP contribution in [0.4, 0.5) is 0 Å². The van der Waals surface area contributed by atoms with Gasteiger partial charge in [0.05, 0.1) is 0 Å². The van der Waals surface area contributed by atoms with E-state index in [1.807, 2.05) is 6.07 Å². The predicted molar refractivity (Wildman–Crippen MR) is 60.7 cm³/mol. The molecule has 0 saturated heterocycles. The van der Waals surface area contributed by atoms with Gasteiger partial charge in [0, 0.05) is 16.6 Å². The van der Waals surface area contributed by atoms with E-state index in [0.717, 1.165) is 6.54 Å². The fraction of sp³-hybridized carbons (Fsp3) is 0.455. The molecule has 1 N–H and O–H groups in total. The molecule has 0 fully saturated rings. The van der Waals surface area contributed by atoms with Crippen LogP contribution in [0.5, 0.6) is 0 Å². The fourth-order valence-corrected chi connectivity index (χ4v) is 1.43. The summed E-state index contributed by atoms with van der Waals surface area (Å²) in [6.45, 7) is 7.42. The van der Waals surface area contributed by atoms with Crippen molar-refractivity contribution in [2.75, 3.05) is 0 Å². The molecule has 2 heteroatoms. The van der Waals surface area contributed by atoms with Crippen molar-refractivity contribution >= 4 is 15.9 Å². The van der Waals surface area contributed by atoms with E-state index in [4.69, 9.17) is 0 Å². The van der Waals surface area contributed by atoms with Crippen molar-refractivity contribution in [1.82, 2.24) is 5.32 Å². The molecule has 0 saturated carbocycles. The van der Waals surface area contributed by atoms with Crippen LogP contribution >= 0.6 is 15.9 Å². The van der Waals surface area contributed by atoms with Crippen LogP contribution in [0.1, 0.15) is 26.3 Å². The third-order valence-electron chi connectivity index (χ3n) is 1.77. The van der Waals surface area contributed by atoms with E-state index >= 15 is 0 Å². The minimum atomic E-state index is 0.176. The second-order valence-electron chi connectivity index (χ2n) is 4.19. The molecule has 0 aliphatic heterocycles. The third kappa shape index (κ3) is 3.92. The van der Waals surface area contributed by atoms with Crippen LogP contribution in [0, 0.1) is 0 Å². The fourth-order valence-electron chi connectivity index (χ4n) is 1.00. The van der Waals surface area contributed by atoms with Gasteiger partial charge in [-0.1, -0.05) is 34.1 Å².